The maximum Gasteiger partial charge on any atom is 0.256 e. The van der Waals surface area contributed by atoms with Gasteiger partial charge in [0, 0.05) is 26.2 Å². The van der Waals surface area contributed by atoms with Crippen molar-refractivity contribution >= 4 is 11.7 Å². The molecule has 0 saturated heterocycles. The third-order valence-corrected chi connectivity index (χ3v) is 11.5. The Hall–Kier alpha value is -1.69. The molecule has 1 N–H and O–H groups in total. The van der Waals surface area contributed by atoms with Crippen LogP contribution >= 0.6 is 0 Å². The molecule has 194 valence electrons. The van der Waals surface area contributed by atoms with Gasteiger partial charge in [-0.3, -0.25) is 14.3 Å². The molecule has 8 atom stereocenters. The van der Waals surface area contributed by atoms with Crippen LogP contribution in [0.1, 0.15) is 95.8 Å². The Morgan fingerprint density at radius 2 is 1.66 bits per heavy atom. The number of aliphatic hydroxyl groups is 1. The summed E-state index contributed by atoms with van der Waals surface area (Å²) >= 11 is 0. The number of ketones is 1. The zero-order valence-corrected chi connectivity index (χ0v) is 22.6. The van der Waals surface area contributed by atoms with Crippen molar-refractivity contribution in [2.75, 3.05) is 14.1 Å². The fourth-order valence-electron chi connectivity index (χ4n) is 9.73. The van der Waals surface area contributed by atoms with E-state index >= 15 is 0 Å². The molecule has 4 aliphatic carbocycles. The molecular weight excluding hydrogens is 438 g/mol. The van der Waals surface area contributed by atoms with Crippen LogP contribution in [0.2, 0.25) is 0 Å². The number of carbonyl (C=O) groups excluding carboxylic acids is 2. The molecule has 1 amide bonds. The van der Waals surface area contributed by atoms with Gasteiger partial charge in [-0.1, -0.05) is 20.8 Å². The number of nitrogens with zero attached hydrogens (tertiary/aromatic N) is 3. The van der Waals surface area contributed by atoms with Crippen LogP contribution in [-0.4, -0.2) is 51.2 Å². The van der Waals surface area contributed by atoms with E-state index in [0.717, 1.165) is 38.5 Å². The van der Waals surface area contributed by atoms with Crippen LogP contribution in [0, 0.1) is 39.9 Å². The lowest BCUT2D eigenvalue weighted by molar-refractivity contribution is -0.186. The van der Waals surface area contributed by atoms with Crippen molar-refractivity contribution < 1.29 is 14.7 Å². The maximum absolute atomic E-state index is 13.6. The van der Waals surface area contributed by atoms with E-state index in [1.165, 1.54) is 24.2 Å². The molecule has 0 bridgehead atoms. The number of fused-ring (bicyclic) bond motifs is 5. The highest BCUT2D eigenvalue weighted by molar-refractivity contribution is 5.93. The molecule has 1 aromatic heterocycles. The number of aromatic nitrogens is 2. The first-order valence-corrected chi connectivity index (χ1v) is 13.8. The summed E-state index contributed by atoms with van der Waals surface area (Å²) < 4.78 is 1.66. The molecule has 0 radical (unpaired) electrons. The molecule has 0 unspecified atom stereocenters. The van der Waals surface area contributed by atoms with Gasteiger partial charge in [0.2, 0.25) is 0 Å². The first-order chi connectivity index (χ1) is 16.3. The van der Waals surface area contributed by atoms with E-state index in [1.807, 2.05) is 6.92 Å². The molecule has 1 aromatic rings. The lowest BCUT2D eigenvalue weighted by atomic mass is 9.39. The highest BCUT2D eigenvalue weighted by atomic mass is 16.3. The number of Topliss-reactive ketones (excluding diaryl/α,β-unsaturated/α-hetero) is 1. The van der Waals surface area contributed by atoms with Crippen LogP contribution in [-0.2, 0) is 11.3 Å². The van der Waals surface area contributed by atoms with Gasteiger partial charge in [0.15, 0.2) is 5.78 Å². The average Bonchev–Trinajstić information content (AvgIpc) is 3.38. The van der Waals surface area contributed by atoms with Crippen molar-refractivity contribution in [2.45, 2.75) is 97.6 Å². The largest absolute Gasteiger partial charge is 0.390 e. The van der Waals surface area contributed by atoms with Crippen molar-refractivity contribution in [2.24, 2.45) is 39.9 Å². The van der Waals surface area contributed by atoms with E-state index < -0.39 is 5.60 Å². The third-order valence-electron chi connectivity index (χ3n) is 11.5. The topological polar surface area (TPSA) is 75.4 Å². The predicted octanol–water partition coefficient (Wildman–Crippen LogP) is 4.95. The highest BCUT2D eigenvalue weighted by Gasteiger charge is 2.66. The van der Waals surface area contributed by atoms with Gasteiger partial charge in [-0.05, 0) is 98.7 Å². The first kappa shape index (κ1) is 25.0. The van der Waals surface area contributed by atoms with Crippen LogP contribution in [0.15, 0.2) is 12.4 Å². The Balaban J connectivity index is 1.34. The fraction of sp³-hybridized carbons (Fsp3) is 0.828. The monoisotopic (exact) mass is 483 g/mol. The molecule has 4 aliphatic rings. The van der Waals surface area contributed by atoms with E-state index in [4.69, 9.17) is 0 Å². The second-order valence-electron chi connectivity index (χ2n) is 13.8. The van der Waals surface area contributed by atoms with Gasteiger partial charge in [-0.15, -0.1) is 0 Å². The molecular formula is C29H45N3O3. The summed E-state index contributed by atoms with van der Waals surface area (Å²) in [6.07, 6.45) is 13.1. The van der Waals surface area contributed by atoms with Crippen molar-refractivity contribution in [1.82, 2.24) is 14.7 Å². The molecule has 4 saturated carbocycles. The van der Waals surface area contributed by atoms with Gasteiger partial charge in [-0.25, -0.2) is 0 Å². The molecule has 4 fully saturated rings. The van der Waals surface area contributed by atoms with E-state index in [1.54, 1.807) is 31.2 Å². The van der Waals surface area contributed by atoms with Crippen molar-refractivity contribution in [3.05, 3.63) is 18.0 Å². The second-order valence-corrected chi connectivity index (χ2v) is 13.8. The van der Waals surface area contributed by atoms with Crippen LogP contribution in [0.4, 0.5) is 0 Å². The van der Waals surface area contributed by atoms with Crippen molar-refractivity contribution in [3.63, 3.8) is 0 Å². The van der Waals surface area contributed by atoms with Gasteiger partial charge in [0.05, 0.1) is 23.9 Å². The predicted molar refractivity (Wildman–Crippen MR) is 136 cm³/mol. The zero-order valence-electron chi connectivity index (χ0n) is 22.6. The number of carbonyl (C=O) groups is 2. The van der Waals surface area contributed by atoms with Gasteiger partial charge >= 0.3 is 0 Å². The lowest BCUT2D eigenvalue weighted by Crippen LogP contribution is -2.60. The number of rotatable bonds is 4. The van der Waals surface area contributed by atoms with E-state index in [2.05, 4.69) is 25.9 Å². The Morgan fingerprint density at radius 1 is 0.971 bits per heavy atom. The minimum absolute atomic E-state index is 0.0428. The van der Waals surface area contributed by atoms with Crippen LogP contribution in [0.5, 0.6) is 0 Å². The van der Waals surface area contributed by atoms with E-state index in [0.29, 0.717) is 28.7 Å². The quantitative estimate of drug-likeness (QED) is 0.657. The molecule has 1 heterocycles. The SMILES string of the molecule is CN(C)C(=O)c1cnn(CC(=O)[C@H]2CC[C@H]3[C@]4(C)CC[C@H]5C[C@](C)(O)CC[C@]5(C)[C@H]4CC[C@@]32C)c1. The maximum atomic E-state index is 13.6. The molecule has 6 heteroatoms. The standard InChI is InChI=1S/C29H45N3O3/c1-26(35)13-14-27(2)20(15-26)9-11-29(4)23-8-7-21(28(23,3)12-10-24(27)29)22(33)18-32-17-19(16-30-32)25(34)31(5)6/h16-17,20-21,23-24,35H,7-15,18H2,1-6H3/t20-,21+,23+,24+,26+,27-,28+,29-/m0/s1. The molecule has 35 heavy (non-hydrogen) atoms. The van der Waals surface area contributed by atoms with E-state index in [9.17, 15) is 14.7 Å². The molecule has 6 nitrogen and oxygen atoms in total. The summed E-state index contributed by atoms with van der Waals surface area (Å²) in [5.74, 6) is 2.13. The smallest absolute Gasteiger partial charge is 0.256 e. The summed E-state index contributed by atoms with van der Waals surface area (Å²) in [6, 6.07) is 0. The van der Waals surface area contributed by atoms with Gasteiger partial charge in [0.25, 0.3) is 5.91 Å². The van der Waals surface area contributed by atoms with Crippen LogP contribution in [0.25, 0.3) is 0 Å². The molecule has 0 aliphatic heterocycles. The van der Waals surface area contributed by atoms with Gasteiger partial charge in [-0.2, -0.15) is 5.10 Å². The number of hydrogen-bond donors (Lipinski definition) is 1. The van der Waals surface area contributed by atoms with Crippen molar-refractivity contribution in [1.29, 1.82) is 0 Å². The van der Waals surface area contributed by atoms with Gasteiger partial charge < -0.3 is 10.0 Å². The Kier molecular flexibility index (Phi) is 5.82. The first-order valence-electron chi connectivity index (χ1n) is 13.8. The summed E-state index contributed by atoms with van der Waals surface area (Å²) in [5, 5.41) is 15.1. The fourth-order valence-corrected chi connectivity index (χ4v) is 9.73. The van der Waals surface area contributed by atoms with Crippen LogP contribution in [0.3, 0.4) is 0 Å². The van der Waals surface area contributed by atoms with E-state index in [-0.39, 0.29) is 35.0 Å². The molecule has 0 aromatic carbocycles. The Morgan fingerprint density at radius 3 is 2.37 bits per heavy atom. The Bertz CT molecular complexity index is 1010. The molecule has 5 rings (SSSR count). The Labute approximate surface area is 210 Å². The summed E-state index contributed by atoms with van der Waals surface area (Å²) in [6.45, 7) is 9.76. The lowest BCUT2D eigenvalue weighted by Gasteiger charge is -2.66. The zero-order chi connectivity index (χ0) is 25.4. The minimum Gasteiger partial charge on any atom is -0.390 e. The number of hydrogen-bond acceptors (Lipinski definition) is 4. The van der Waals surface area contributed by atoms with Crippen molar-refractivity contribution in [3.8, 4) is 0 Å². The second kappa shape index (κ2) is 8.16. The molecule has 0 spiro atoms. The highest BCUT2D eigenvalue weighted by Crippen LogP contribution is 2.72. The summed E-state index contributed by atoms with van der Waals surface area (Å²) in [5.41, 5.74) is 0.649. The number of amides is 1. The average molecular weight is 484 g/mol. The summed E-state index contributed by atoms with van der Waals surface area (Å²) in [7, 11) is 3.45. The van der Waals surface area contributed by atoms with Gasteiger partial charge in [0.1, 0.15) is 0 Å². The van der Waals surface area contributed by atoms with Crippen LogP contribution < -0.4 is 0 Å². The normalized spacial score (nSPS) is 44.8. The summed E-state index contributed by atoms with van der Waals surface area (Å²) in [4.78, 5) is 27.4. The minimum atomic E-state index is -0.504. The third kappa shape index (κ3) is 3.81.